The molecule has 1 aromatic heterocycles. The van der Waals surface area contributed by atoms with Crippen molar-refractivity contribution in [2.75, 3.05) is 0 Å². The van der Waals surface area contributed by atoms with Crippen molar-refractivity contribution < 1.29 is 9.53 Å². The van der Waals surface area contributed by atoms with E-state index in [1.807, 2.05) is 19.4 Å². The molecule has 0 spiro atoms. The minimum absolute atomic E-state index is 0.0183. The van der Waals surface area contributed by atoms with Crippen molar-refractivity contribution in [1.82, 2.24) is 9.78 Å². The van der Waals surface area contributed by atoms with Gasteiger partial charge in [0.1, 0.15) is 6.10 Å². The molecule has 0 saturated heterocycles. The average Bonchev–Trinajstić information content (AvgIpc) is 3.15. The van der Waals surface area contributed by atoms with Crippen LogP contribution in [0.3, 0.4) is 0 Å². The van der Waals surface area contributed by atoms with Crippen molar-refractivity contribution in [3.05, 3.63) is 18.0 Å². The lowest BCUT2D eigenvalue weighted by Gasteiger charge is -2.61. The third-order valence-electron chi connectivity index (χ3n) is 6.80. The lowest BCUT2D eigenvalue weighted by molar-refractivity contribution is -0.187. The molecule has 4 heteroatoms. The van der Waals surface area contributed by atoms with Crippen LogP contribution in [-0.2, 0) is 16.6 Å². The first-order valence-corrected chi connectivity index (χ1v) is 8.57. The lowest BCUT2D eigenvalue weighted by atomic mass is 9.45. The van der Waals surface area contributed by atoms with Crippen LogP contribution in [0.1, 0.15) is 51.5 Å². The topological polar surface area (TPSA) is 44.1 Å². The molecule has 2 bridgehead atoms. The maximum absolute atomic E-state index is 12.4. The molecule has 1 aromatic rings. The molecule has 1 heterocycles. The minimum Gasteiger partial charge on any atom is -0.462 e. The second kappa shape index (κ2) is 4.59. The van der Waals surface area contributed by atoms with Crippen molar-refractivity contribution in [3.63, 3.8) is 0 Å². The van der Waals surface area contributed by atoms with Crippen LogP contribution in [0.15, 0.2) is 12.4 Å². The summed E-state index contributed by atoms with van der Waals surface area (Å²) in [5.41, 5.74) is 1.62. The third kappa shape index (κ3) is 2.03. The highest BCUT2D eigenvalue weighted by Crippen LogP contribution is 2.62. The van der Waals surface area contributed by atoms with Crippen molar-refractivity contribution in [1.29, 1.82) is 0 Å². The Hall–Kier alpha value is -1.32. The molecule has 0 amide bonds. The summed E-state index contributed by atoms with van der Waals surface area (Å²) in [7, 11) is 1.91. The Labute approximate surface area is 132 Å². The number of fused-ring (bicyclic) bond motifs is 2. The number of hydrogen-bond acceptors (Lipinski definition) is 3. The van der Waals surface area contributed by atoms with Crippen molar-refractivity contribution in [3.8, 4) is 0 Å². The van der Waals surface area contributed by atoms with Gasteiger partial charge in [-0.1, -0.05) is 20.8 Å². The molecular formula is C18H26N2O2. The summed E-state index contributed by atoms with van der Waals surface area (Å²) in [6, 6.07) is 0. The van der Waals surface area contributed by atoms with Crippen molar-refractivity contribution in [2.45, 2.75) is 52.1 Å². The van der Waals surface area contributed by atoms with Gasteiger partial charge in [-0.2, -0.15) is 5.10 Å². The Kier molecular flexibility index (Phi) is 2.98. The predicted molar refractivity (Wildman–Crippen MR) is 83.1 cm³/mol. The highest BCUT2D eigenvalue weighted by molar-refractivity contribution is 5.77. The van der Waals surface area contributed by atoms with E-state index < -0.39 is 0 Å². The molecule has 0 unspecified atom stereocenters. The van der Waals surface area contributed by atoms with Crippen LogP contribution in [0.4, 0.5) is 0 Å². The van der Waals surface area contributed by atoms with E-state index in [2.05, 4.69) is 25.9 Å². The first-order valence-electron chi connectivity index (χ1n) is 8.57. The van der Waals surface area contributed by atoms with E-state index in [4.69, 9.17) is 4.74 Å². The molecule has 4 nitrogen and oxygen atoms in total. The summed E-state index contributed by atoms with van der Waals surface area (Å²) in [5.74, 6) is 2.36. The van der Waals surface area contributed by atoms with Gasteiger partial charge in [0, 0.05) is 19.2 Å². The van der Waals surface area contributed by atoms with Gasteiger partial charge in [0.05, 0.1) is 12.1 Å². The van der Waals surface area contributed by atoms with Gasteiger partial charge in [-0.05, 0) is 48.0 Å². The van der Waals surface area contributed by atoms with Crippen molar-refractivity contribution in [2.24, 2.45) is 36.1 Å². The van der Waals surface area contributed by atoms with Gasteiger partial charge < -0.3 is 4.74 Å². The number of esters is 1. The highest BCUT2D eigenvalue weighted by Gasteiger charge is 2.58. The van der Waals surface area contributed by atoms with Gasteiger partial charge in [0.15, 0.2) is 0 Å². The monoisotopic (exact) mass is 302 g/mol. The number of aryl methyl sites for hydroxylation is 1. The molecule has 4 aliphatic rings. The molecule has 0 radical (unpaired) electrons. The summed E-state index contributed by atoms with van der Waals surface area (Å²) < 4.78 is 7.71. The van der Waals surface area contributed by atoms with E-state index in [1.54, 1.807) is 4.68 Å². The fraction of sp³-hybridized carbons (Fsp3) is 0.778. The van der Waals surface area contributed by atoms with Gasteiger partial charge in [-0.3, -0.25) is 9.48 Å². The number of carbonyl (C=O) groups is 1. The van der Waals surface area contributed by atoms with Crippen LogP contribution in [0.25, 0.3) is 0 Å². The summed E-state index contributed by atoms with van der Waals surface area (Å²) in [5, 5.41) is 4.20. The highest BCUT2D eigenvalue weighted by atomic mass is 16.5. The summed E-state index contributed by atoms with van der Waals surface area (Å²) in [6.45, 7) is 7.02. The third-order valence-corrected chi connectivity index (χ3v) is 6.80. The molecule has 4 fully saturated rings. The Bertz CT molecular complexity index is 606. The second-order valence-electron chi connectivity index (χ2n) is 8.33. The van der Waals surface area contributed by atoms with Crippen LogP contribution in [0.2, 0.25) is 0 Å². The minimum atomic E-state index is 0.0183. The average molecular weight is 302 g/mol. The Balaban J connectivity index is 1.36. The number of carbonyl (C=O) groups excluding carboxylic acids is 1. The molecule has 120 valence electrons. The molecule has 4 aliphatic carbocycles. The van der Waals surface area contributed by atoms with E-state index in [-0.39, 0.29) is 18.0 Å². The SMILES string of the molecule is C[C@H]1[C@H]2C[C@H](C[C@H]1OC(=O)[C@H]1C[C@@H]1c1cnn(C)c1)C2(C)C. The number of nitrogens with zero attached hydrogens (tertiary/aromatic N) is 2. The first kappa shape index (κ1) is 14.3. The van der Waals surface area contributed by atoms with Crippen LogP contribution in [-0.4, -0.2) is 21.9 Å². The largest absolute Gasteiger partial charge is 0.462 e. The number of aromatic nitrogens is 2. The Morgan fingerprint density at radius 3 is 2.73 bits per heavy atom. The van der Waals surface area contributed by atoms with E-state index in [0.29, 0.717) is 17.3 Å². The van der Waals surface area contributed by atoms with Gasteiger partial charge >= 0.3 is 5.97 Å². The van der Waals surface area contributed by atoms with E-state index >= 15 is 0 Å². The Morgan fingerprint density at radius 1 is 1.36 bits per heavy atom. The maximum Gasteiger partial charge on any atom is 0.309 e. The van der Waals surface area contributed by atoms with E-state index in [1.165, 1.54) is 12.0 Å². The molecule has 0 aromatic carbocycles. The maximum atomic E-state index is 12.4. The molecule has 6 atom stereocenters. The lowest BCUT2D eigenvalue weighted by Crippen LogP contribution is -2.57. The Morgan fingerprint density at radius 2 is 2.14 bits per heavy atom. The first-order chi connectivity index (χ1) is 10.4. The van der Waals surface area contributed by atoms with Gasteiger partial charge in [-0.25, -0.2) is 0 Å². The molecule has 4 saturated carbocycles. The standard InChI is InChI=1S/C18H26N2O2/c1-10-15-5-12(18(15,2)3)6-16(10)22-17(21)14-7-13(14)11-8-19-20(4)9-11/h8-10,12-16H,5-7H2,1-4H3/t10-,12+,13+,14-,15+,16+/m0/s1. The van der Waals surface area contributed by atoms with Gasteiger partial charge in [0.25, 0.3) is 0 Å². The van der Waals surface area contributed by atoms with Crippen LogP contribution >= 0.6 is 0 Å². The zero-order chi connectivity index (χ0) is 15.6. The predicted octanol–water partition coefficient (Wildman–Crippen LogP) is 3.14. The fourth-order valence-electron chi connectivity index (χ4n) is 4.95. The molecule has 0 N–H and O–H groups in total. The summed E-state index contributed by atoms with van der Waals surface area (Å²) in [6.07, 6.45) is 7.33. The quantitative estimate of drug-likeness (QED) is 0.806. The summed E-state index contributed by atoms with van der Waals surface area (Å²) in [4.78, 5) is 12.4. The number of ether oxygens (including phenoxy) is 1. The van der Waals surface area contributed by atoms with E-state index in [9.17, 15) is 4.79 Å². The zero-order valence-corrected chi connectivity index (χ0v) is 14.0. The number of hydrogen-bond donors (Lipinski definition) is 0. The fourth-order valence-corrected chi connectivity index (χ4v) is 4.95. The van der Waals surface area contributed by atoms with Crippen molar-refractivity contribution >= 4 is 5.97 Å². The van der Waals surface area contributed by atoms with E-state index in [0.717, 1.165) is 24.7 Å². The van der Waals surface area contributed by atoms with Crippen LogP contribution in [0.5, 0.6) is 0 Å². The normalized spacial score (nSPS) is 41.6. The van der Waals surface area contributed by atoms with Gasteiger partial charge in [-0.15, -0.1) is 0 Å². The molecule has 5 rings (SSSR count). The zero-order valence-electron chi connectivity index (χ0n) is 14.0. The van der Waals surface area contributed by atoms with Crippen LogP contribution < -0.4 is 0 Å². The summed E-state index contributed by atoms with van der Waals surface area (Å²) >= 11 is 0. The number of rotatable bonds is 3. The van der Waals surface area contributed by atoms with Crippen LogP contribution in [0, 0.1) is 29.1 Å². The molecule has 22 heavy (non-hydrogen) atoms. The molecular weight excluding hydrogens is 276 g/mol. The second-order valence-corrected chi connectivity index (χ2v) is 8.33. The smallest absolute Gasteiger partial charge is 0.309 e. The van der Waals surface area contributed by atoms with Gasteiger partial charge in [0.2, 0.25) is 0 Å². The molecule has 0 aliphatic heterocycles.